The molecule has 1 unspecified atom stereocenters. The van der Waals surface area contributed by atoms with Gasteiger partial charge in [0.2, 0.25) is 5.91 Å². The van der Waals surface area contributed by atoms with Crippen molar-refractivity contribution in [1.29, 1.82) is 0 Å². The number of likely N-dealkylation sites (N-methyl/N-ethyl adjacent to an activating group) is 1. The van der Waals surface area contributed by atoms with E-state index in [1.807, 2.05) is 0 Å². The van der Waals surface area contributed by atoms with E-state index >= 15 is 0 Å². The summed E-state index contributed by atoms with van der Waals surface area (Å²) in [5, 5.41) is 6.51. The van der Waals surface area contributed by atoms with Crippen LogP contribution in [-0.4, -0.2) is 50.1 Å². The number of nitrogens with zero attached hydrogens (tertiary/aromatic N) is 1. The zero-order valence-corrected chi connectivity index (χ0v) is 10.9. The van der Waals surface area contributed by atoms with Gasteiger partial charge in [-0.15, -0.1) is 0 Å². The number of nitrogens with one attached hydrogen (secondary N) is 2. The fourth-order valence-corrected chi connectivity index (χ4v) is 2.86. The number of likely N-dealkylation sites (tertiary alicyclic amines) is 1. The van der Waals surface area contributed by atoms with Gasteiger partial charge in [0, 0.05) is 19.0 Å². The van der Waals surface area contributed by atoms with Gasteiger partial charge in [0.25, 0.3) is 0 Å². The van der Waals surface area contributed by atoms with Crippen LogP contribution in [0, 0.1) is 5.92 Å². The van der Waals surface area contributed by atoms with Crippen molar-refractivity contribution in [3.63, 3.8) is 0 Å². The first-order valence-electron chi connectivity index (χ1n) is 6.92. The molecule has 0 aromatic rings. The van der Waals surface area contributed by atoms with Gasteiger partial charge >= 0.3 is 0 Å². The minimum absolute atomic E-state index is 0.254. The number of carbonyl (C=O) groups is 1. The van der Waals surface area contributed by atoms with E-state index < -0.39 is 0 Å². The maximum absolute atomic E-state index is 11.8. The van der Waals surface area contributed by atoms with E-state index in [0.29, 0.717) is 12.5 Å². The lowest BCUT2D eigenvalue weighted by Gasteiger charge is -2.22. The molecule has 2 N–H and O–H groups in total. The molecule has 0 spiro atoms. The molecule has 0 aromatic carbocycles. The first-order valence-corrected chi connectivity index (χ1v) is 6.92. The molecule has 98 valence electrons. The summed E-state index contributed by atoms with van der Waals surface area (Å²) in [6.45, 7) is 4.37. The van der Waals surface area contributed by atoms with Crippen LogP contribution in [0.15, 0.2) is 0 Å². The van der Waals surface area contributed by atoms with Crippen LogP contribution < -0.4 is 10.6 Å². The van der Waals surface area contributed by atoms with Gasteiger partial charge in [0.05, 0.1) is 0 Å². The third-order valence-corrected chi connectivity index (χ3v) is 3.99. The predicted octanol–water partition coefficient (Wildman–Crippen LogP) is 0.587. The second-order valence-corrected chi connectivity index (χ2v) is 5.55. The topological polar surface area (TPSA) is 44.4 Å². The molecule has 1 atom stereocenters. The molecule has 4 heteroatoms. The highest BCUT2D eigenvalue weighted by Crippen LogP contribution is 2.17. The molecule has 0 aromatic heterocycles. The summed E-state index contributed by atoms with van der Waals surface area (Å²) >= 11 is 0. The summed E-state index contributed by atoms with van der Waals surface area (Å²) in [5.74, 6) is 1.01. The normalized spacial score (nSPS) is 27.2. The number of hydrogen-bond acceptors (Lipinski definition) is 3. The quantitative estimate of drug-likeness (QED) is 0.754. The average Bonchev–Trinajstić information content (AvgIpc) is 2.73. The minimum Gasteiger partial charge on any atom is -0.352 e. The number of rotatable bonds is 4. The summed E-state index contributed by atoms with van der Waals surface area (Å²) in [4.78, 5) is 14.1. The second-order valence-electron chi connectivity index (χ2n) is 5.55. The third kappa shape index (κ3) is 4.28. The number of hydrogen-bond donors (Lipinski definition) is 2. The molecule has 0 bridgehead atoms. The molecular weight excluding hydrogens is 214 g/mol. The molecule has 17 heavy (non-hydrogen) atoms. The smallest absolute Gasteiger partial charge is 0.220 e. The van der Waals surface area contributed by atoms with Gasteiger partial charge in [-0.05, 0) is 58.3 Å². The maximum Gasteiger partial charge on any atom is 0.220 e. The Balaban J connectivity index is 1.60. The van der Waals surface area contributed by atoms with Crippen molar-refractivity contribution in [2.45, 2.75) is 38.1 Å². The SMILES string of the molecule is CN1CCC(NC(=O)CCC2CCNCC2)C1. The zero-order chi connectivity index (χ0) is 12.1. The van der Waals surface area contributed by atoms with E-state index in [1.54, 1.807) is 0 Å². The first-order chi connectivity index (χ1) is 8.24. The molecule has 4 nitrogen and oxygen atoms in total. The zero-order valence-electron chi connectivity index (χ0n) is 10.9. The average molecular weight is 239 g/mol. The molecule has 2 heterocycles. The molecule has 1 amide bonds. The number of piperidine rings is 1. The van der Waals surface area contributed by atoms with Crippen molar-refractivity contribution in [2.75, 3.05) is 33.2 Å². The Hall–Kier alpha value is -0.610. The van der Waals surface area contributed by atoms with Crippen molar-refractivity contribution in [3.8, 4) is 0 Å². The van der Waals surface area contributed by atoms with Gasteiger partial charge < -0.3 is 15.5 Å². The fourth-order valence-electron chi connectivity index (χ4n) is 2.86. The van der Waals surface area contributed by atoms with Gasteiger partial charge in [0.15, 0.2) is 0 Å². The monoisotopic (exact) mass is 239 g/mol. The van der Waals surface area contributed by atoms with Gasteiger partial charge in [-0.1, -0.05) is 0 Å². The Labute approximate surface area is 104 Å². The van der Waals surface area contributed by atoms with Crippen LogP contribution >= 0.6 is 0 Å². The van der Waals surface area contributed by atoms with E-state index in [2.05, 4.69) is 22.6 Å². The molecule has 2 rings (SSSR count). The van der Waals surface area contributed by atoms with Gasteiger partial charge in [-0.25, -0.2) is 0 Å². The van der Waals surface area contributed by atoms with E-state index in [-0.39, 0.29) is 5.91 Å². The minimum atomic E-state index is 0.254. The van der Waals surface area contributed by atoms with Crippen molar-refractivity contribution in [2.24, 2.45) is 5.92 Å². The molecule has 2 fully saturated rings. The summed E-state index contributed by atoms with van der Waals surface area (Å²) < 4.78 is 0. The van der Waals surface area contributed by atoms with Gasteiger partial charge in [-0.2, -0.15) is 0 Å². The fraction of sp³-hybridized carbons (Fsp3) is 0.923. The number of carbonyl (C=O) groups excluding carboxylic acids is 1. The highest BCUT2D eigenvalue weighted by molar-refractivity contribution is 5.76. The summed E-state index contributed by atoms with van der Waals surface area (Å²) in [7, 11) is 2.11. The first kappa shape index (κ1) is 12.8. The Morgan fingerprint density at radius 1 is 1.35 bits per heavy atom. The molecular formula is C13H25N3O. The molecule has 2 saturated heterocycles. The van der Waals surface area contributed by atoms with Crippen LogP contribution in [0.2, 0.25) is 0 Å². The lowest BCUT2D eigenvalue weighted by Crippen LogP contribution is -2.37. The van der Waals surface area contributed by atoms with Crippen molar-refractivity contribution >= 4 is 5.91 Å². The second kappa shape index (κ2) is 6.36. The van der Waals surface area contributed by atoms with E-state index in [4.69, 9.17) is 0 Å². The maximum atomic E-state index is 11.8. The van der Waals surface area contributed by atoms with Crippen LogP contribution in [0.1, 0.15) is 32.1 Å². The standard InChI is InChI=1S/C13H25N3O/c1-16-9-6-12(10-16)15-13(17)3-2-11-4-7-14-8-5-11/h11-12,14H,2-10H2,1H3,(H,15,17). The summed E-state index contributed by atoms with van der Waals surface area (Å²) in [6.07, 6.45) is 5.36. The van der Waals surface area contributed by atoms with E-state index in [1.165, 1.54) is 12.8 Å². The molecule has 0 aliphatic carbocycles. The van der Waals surface area contributed by atoms with E-state index in [0.717, 1.165) is 44.9 Å². The predicted molar refractivity (Wildman–Crippen MR) is 68.9 cm³/mol. The van der Waals surface area contributed by atoms with Crippen molar-refractivity contribution < 1.29 is 4.79 Å². The number of amides is 1. The largest absolute Gasteiger partial charge is 0.352 e. The van der Waals surface area contributed by atoms with Crippen molar-refractivity contribution in [1.82, 2.24) is 15.5 Å². The van der Waals surface area contributed by atoms with Crippen LogP contribution in [0.4, 0.5) is 0 Å². The Morgan fingerprint density at radius 2 is 2.12 bits per heavy atom. The van der Waals surface area contributed by atoms with Crippen LogP contribution in [0.25, 0.3) is 0 Å². The highest BCUT2D eigenvalue weighted by Gasteiger charge is 2.21. The van der Waals surface area contributed by atoms with E-state index in [9.17, 15) is 4.79 Å². The molecule has 0 radical (unpaired) electrons. The van der Waals surface area contributed by atoms with Crippen LogP contribution in [0.5, 0.6) is 0 Å². The van der Waals surface area contributed by atoms with Crippen LogP contribution in [-0.2, 0) is 4.79 Å². The van der Waals surface area contributed by atoms with Crippen molar-refractivity contribution in [3.05, 3.63) is 0 Å². The highest BCUT2D eigenvalue weighted by atomic mass is 16.1. The van der Waals surface area contributed by atoms with Gasteiger partial charge in [-0.3, -0.25) is 4.79 Å². The lowest BCUT2D eigenvalue weighted by atomic mass is 9.93. The molecule has 0 saturated carbocycles. The summed E-state index contributed by atoms with van der Waals surface area (Å²) in [6, 6.07) is 0.389. The summed E-state index contributed by atoms with van der Waals surface area (Å²) in [5.41, 5.74) is 0. The molecule has 2 aliphatic rings. The Morgan fingerprint density at radius 3 is 2.76 bits per heavy atom. The Bertz CT molecular complexity index is 251. The molecule has 2 aliphatic heterocycles. The third-order valence-electron chi connectivity index (χ3n) is 3.99. The van der Waals surface area contributed by atoms with Crippen LogP contribution in [0.3, 0.4) is 0 Å². The Kier molecular flexibility index (Phi) is 4.80. The lowest BCUT2D eigenvalue weighted by molar-refractivity contribution is -0.122. The van der Waals surface area contributed by atoms with Gasteiger partial charge in [0.1, 0.15) is 0 Å².